The Morgan fingerprint density at radius 3 is 2.59 bits per heavy atom. The molecule has 0 heterocycles. The highest BCUT2D eigenvalue weighted by Gasteiger charge is 2.22. The van der Waals surface area contributed by atoms with Gasteiger partial charge < -0.3 is 15.4 Å². The van der Waals surface area contributed by atoms with Crippen molar-refractivity contribution in [2.75, 3.05) is 26.3 Å². The fourth-order valence-corrected chi connectivity index (χ4v) is 2.40. The molecule has 122 valence electrons. The number of halogens is 1. The van der Waals surface area contributed by atoms with E-state index in [1.165, 1.54) is 18.4 Å². The topological polar surface area (TPSA) is 50.4 Å². The van der Waals surface area contributed by atoms with Crippen molar-refractivity contribution in [1.82, 2.24) is 10.6 Å². The molecular formula is C17H25BrN2O2. The van der Waals surface area contributed by atoms with Gasteiger partial charge in [0.1, 0.15) is 0 Å². The van der Waals surface area contributed by atoms with E-state index in [4.69, 9.17) is 4.74 Å². The second-order valence-electron chi connectivity index (χ2n) is 6.52. The van der Waals surface area contributed by atoms with Crippen LogP contribution in [0, 0.1) is 5.92 Å². The van der Waals surface area contributed by atoms with Gasteiger partial charge in [-0.15, -0.1) is 0 Å². The summed E-state index contributed by atoms with van der Waals surface area (Å²) in [6.07, 6.45) is 2.58. The van der Waals surface area contributed by atoms with Crippen LogP contribution in [0.25, 0.3) is 0 Å². The van der Waals surface area contributed by atoms with Crippen LogP contribution in [0.3, 0.4) is 0 Å². The molecule has 22 heavy (non-hydrogen) atoms. The minimum atomic E-state index is -0.139. The molecule has 0 atom stereocenters. The van der Waals surface area contributed by atoms with Gasteiger partial charge >= 0.3 is 6.03 Å². The lowest BCUT2D eigenvalue weighted by Gasteiger charge is -2.25. The first-order valence-corrected chi connectivity index (χ1v) is 8.62. The van der Waals surface area contributed by atoms with Crippen molar-refractivity contribution in [3.05, 3.63) is 34.3 Å². The SMILES string of the molecule is CC(C)(CNC(=O)NCCOCC1CC1)c1ccc(Br)cc1. The molecule has 0 spiro atoms. The van der Waals surface area contributed by atoms with E-state index in [1.807, 2.05) is 12.1 Å². The fourth-order valence-electron chi connectivity index (χ4n) is 2.14. The highest BCUT2D eigenvalue weighted by atomic mass is 79.9. The Balaban J connectivity index is 1.64. The second-order valence-corrected chi connectivity index (χ2v) is 7.43. The molecule has 5 heteroatoms. The highest BCUT2D eigenvalue weighted by Crippen LogP contribution is 2.28. The fraction of sp³-hybridized carbons (Fsp3) is 0.588. The minimum Gasteiger partial charge on any atom is -0.379 e. The van der Waals surface area contributed by atoms with E-state index in [-0.39, 0.29) is 11.4 Å². The molecule has 2 amide bonds. The lowest BCUT2D eigenvalue weighted by Crippen LogP contribution is -2.43. The molecule has 1 saturated carbocycles. The molecule has 1 aliphatic carbocycles. The van der Waals surface area contributed by atoms with Crippen LogP contribution in [0.5, 0.6) is 0 Å². The lowest BCUT2D eigenvalue weighted by molar-refractivity contribution is 0.127. The molecule has 1 fully saturated rings. The Morgan fingerprint density at radius 1 is 1.27 bits per heavy atom. The molecule has 0 aromatic heterocycles. The third-order valence-electron chi connectivity index (χ3n) is 3.90. The number of hydrogen-bond donors (Lipinski definition) is 2. The summed E-state index contributed by atoms with van der Waals surface area (Å²) >= 11 is 3.44. The number of carbonyl (C=O) groups is 1. The van der Waals surface area contributed by atoms with Crippen LogP contribution in [0.4, 0.5) is 4.79 Å². The maximum atomic E-state index is 11.8. The number of carbonyl (C=O) groups excluding carboxylic acids is 1. The van der Waals surface area contributed by atoms with Crippen LogP contribution < -0.4 is 10.6 Å². The zero-order valence-corrected chi connectivity index (χ0v) is 14.9. The maximum absolute atomic E-state index is 11.8. The van der Waals surface area contributed by atoms with E-state index < -0.39 is 0 Å². The molecule has 2 rings (SSSR count). The average molecular weight is 369 g/mol. The van der Waals surface area contributed by atoms with Crippen molar-refractivity contribution in [3.8, 4) is 0 Å². The van der Waals surface area contributed by atoms with Crippen LogP contribution in [0.15, 0.2) is 28.7 Å². The number of amides is 2. The van der Waals surface area contributed by atoms with E-state index in [0.29, 0.717) is 19.7 Å². The Bertz CT molecular complexity index is 484. The quantitative estimate of drug-likeness (QED) is 0.690. The van der Waals surface area contributed by atoms with Gasteiger partial charge in [-0.1, -0.05) is 41.9 Å². The van der Waals surface area contributed by atoms with Crippen LogP contribution in [0.2, 0.25) is 0 Å². The van der Waals surface area contributed by atoms with Gasteiger partial charge in [0, 0.05) is 29.6 Å². The zero-order chi connectivity index (χ0) is 16.0. The second kappa shape index (κ2) is 7.97. The maximum Gasteiger partial charge on any atom is 0.314 e. The number of ether oxygens (including phenoxy) is 1. The van der Waals surface area contributed by atoms with E-state index in [0.717, 1.165) is 17.0 Å². The molecule has 0 aliphatic heterocycles. The largest absolute Gasteiger partial charge is 0.379 e. The predicted molar refractivity (Wildman–Crippen MR) is 92.1 cm³/mol. The summed E-state index contributed by atoms with van der Waals surface area (Å²) in [4.78, 5) is 11.8. The van der Waals surface area contributed by atoms with Crippen molar-refractivity contribution in [1.29, 1.82) is 0 Å². The summed E-state index contributed by atoms with van der Waals surface area (Å²) in [7, 11) is 0. The summed E-state index contributed by atoms with van der Waals surface area (Å²) in [5, 5.41) is 5.76. The molecule has 0 saturated heterocycles. The Morgan fingerprint density at radius 2 is 1.95 bits per heavy atom. The Kier molecular flexibility index (Phi) is 6.26. The molecule has 0 unspecified atom stereocenters. The van der Waals surface area contributed by atoms with E-state index in [2.05, 4.69) is 52.5 Å². The van der Waals surface area contributed by atoms with Crippen molar-refractivity contribution in [2.24, 2.45) is 5.92 Å². The number of hydrogen-bond acceptors (Lipinski definition) is 2. The van der Waals surface area contributed by atoms with Crippen molar-refractivity contribution < 1.29 is 9.53 Å². The minimum absolute atomic E-state index is 0.111. The first-order valence-electron chi connectivity index (χ1n) is 7.83. The molecule has 1 aromatic carbocycles. The third-order valence-corrected chi connectivity index (χ3v) is 4.43. The van der Waals surface area contributed by atoms with Crippen molar-refractivity contribution in [2.45, 2.75) is 32.1 Å². The van der Waals surface area contributed by atoms with Crippen LogP contribution >= 0.6 is 15.9 Å². The van der Waals surface area contributed by atoms with Gasteiger partial charge in [0.2, 0.25) is 0 Å². The monoisotopic (exact) mass is 368 g/mol. The molecule has 1 aromatic rings. The molecule has 0 bridgehead atoms. The third kappa shape index (κ3) is 5.97. The molecule has 2 N–H and O–H groups in total. The summed E-state index contributed by atoms with van der Waals surface area (Å²) in [5.74, 6) is 0.764. The van der Waals surface area contributed by atoms with Crippen LogP contribution in [-0.4, -0.2) is 32.3 Å². The van der Waals surface area contributed by atoms with Gasteiger partial charge in [-0.25, -0.2) is 4.79 Å². The number of rotatable bonds is 8. The summed E-state index contributed by atoms with van der Waals surface area (Å²) in [6, 6.07) is 8.06. The number of urea groups is 1. The first-order chi connectivity index (χ1) is 10.5. The molecule has 4 nitrogen and oxygen atoms in total. The number of nitrogens with one attached hydrogen (secondary N) is 2. The zero-order valence-electron chi connectivity index (χ0n) is 13.3. The van der Waals surface area contributed by atoms with Gasteiger partial charge in [-0.3, -0.25) is 0 Å². The highest BCUT2D eigenvalue weighted by molar-refractivity contribution is 9.10. The summed E-state index contributed by atoms with van der Waals surface area (Å²) in [6.45, 7) is 6.80. The average Bonchev–Trinajstić information content (AvgIpc) is 3.29. The van der Waals surface area contributed by atoms with Crippen LogP contribution in [-0.2, 0) is 10.2 Å². The normalized spacial score (nSPS) is 14.7. The first kappa shape index (κ1) is 17.3. The van der Waals surface area contributed by atoms with Gasteiger partial charge in [-0.2, -0.15) is 0 Å². The predicted octanol–water partition coefficient (Wildman–Crippen LogP) is 3.45. The van der Waals surface area contributed by atoms with Gasteiger partial charge in [-0.05, 0) is 36.5 Å². The molecule has 1 aliphatic rings. The van der Waals surface area contributed by atoms with E-state index >= 15 is 0 Å². The summed E-state index contributed by atoms with van der Waals surface area (Å²) < 4.78 is 6.55. The Hall–Kier alpha value is -1.07. The van der Waals surface area contributed by atoms with E-state index in [9.17, 15) is 4.79 Å². The summed E-state index contributed by atoms with van der Waals surface area (Å²) in [5.41, 5.74) is 1.09. The lowest BCUT2D eigenvalue weighted by atomic mass is 9.85. The number of benzene rings is 1. The van der Waals surface area contributed by atoms with E-state index in [1.54, 1.807) is 0 Å². The van der Waals surface area contributed by atoms with Gasteiger partial charge in [0.15, 0.2) is 0 Å². The van der Waals surface area contributed by atoms with Crippen molar-refractivity contribution >= 4 is 22.0 Å². The van der Waals surface area contributed by atoms with Gasteiger partial charge in [0.25, 0.3) is 0 Å². The molecular weight excluding hydrogens is 344 g/mol. The van der Waals surface area contributed by atoms with Gasteiger partial charge in [0.05, 0.1) is 6.61 Å². The van der Waals surface area contributed by atoms with Crippen LogP contribution in [0.1, 0.15) is 32.3 Å². The van der Waals surface area contributed by atoms with Crippen molar-refractivity contribution in [3.63, 3.8) is 0 Å². The molecule has 0 radical (unpaired) electrons. The standard InChI is InChI=1S/C17H25BrN2O2/c1-17(2,14-5-7-15(18)8-6-14)12-20-16(21)19-9-10-22-11-13-3-4-13/h5-8,13H,3-4,9-12H2,1-2H3,(H2,19,20,21). The smallest absolute Gasteiger partial charge is 0.314 e. The Labute approximate surface area is 141 Å².